The first-order valence-electron chi connectivity index (χ1n) is 12.1. The molecule has 1 aromatic heterocycles. The van der Waals surface area contributed by atoms with Crippen LogP contribution in [-0.4, -0.2) is 52.3 Å². The van der Waals surface area contributed by atoms with E-state index in [2.05, 4.69) is 62.6 Å². The predicted octanol–water partition coefficient (Wildman–Crippen LogP) is 2.80. The number of benzene rings is 1. The number of nitrogens with zero attached hydrogens (tertiary/aromatic N) is 3. The van der Waals surface area contributed by atoms with Gasteiger partial charge in [0, 0.05) is 61.9 Å². The smallest absolute Gasteiger partial charge is 0.255 e. The van der Waals surface area contributed by atoms with Gasteiger partial charge in [-0.2, -0.15) is 0 Å². The van der Waals surface area contributed by atoms with Crippen molar-refractivity contribution in [1.29, 1.82) is 0 Å². The molecule has 1 N–H and O–H groups in total. The van der Waals surface area contributed by atoms with Gasteiger partial charge in [0.25, 0.3) is 5.56 Å². The van der Waals surface area contributed by atoms with E-state index in [4.69, 9.17) is 5.11 Å². The summed E-state index contributed by atoms with van der Waals surface area (Å²) >= 11 is 0. The Morgan fingerprint density at radius 3 is 2.53 bits per heavy atom. The quantitative estimate of drug-likeness (QED) is 0.740. The van der Waals surface area contributed by atoms with E-state index < -0.39 is 0 Å². The van der Waals surface area contributed by atoms with Gasteiger partial charge in [-0.15, -0.1) is 0 Å². The number of likely N-dealkylation sites (tertiary alicyclic amines) is 2. The summed E-state index contributed by atoms with van der Waals surface area (Å²) in [7, 11) is 0. The number of aliphatic hydroxyl groups is 1. The number of pyridine rings is 1. The van der Waals surface area contributed by atoms with E-state index in [1.165, 1.54) is 30.5 Å². The van der Waals surface area contributed by atoms with E-state index in [1.54, 1.807) is 0 Å². The lowest BCUT2D eigenvalue weighted by atomic mass is 9.82. The third-order valence-corrected chi connectivity index (χ3v) is 7.18. The predicted molar refractivity (Wildman–Crippen MR) is 126 cm³/mol. The number of hydrogen-bond acceptors (Lipinski definition) is 4. The van der Waals surface area contributed by atoms with Crippen LogP contribution >= 0.6 is 0 Å². The fourth-order valence-electron chi connectivity index (χ4n) is 5.69. The van der Waals surface area contributed by atoms with Crippen molar-refractivity contribution in [1.82, 2.24) is 14.4 Å². The largest absolute Gasteiger partial charge is 0.395 e. The Bertz CT molecular complexity index is 1060. The molecule has 0 amide bonds. The van der Waals surface area contributed by atoms with Gasteiger partial charge in [-0.25, -0.2) is 0 Å². The molecule has 1 aromatic carbocycles. The van der Waals surface area contributed by atoms with Crippen LogP contribution in [0.15, 0.2) is 41.2 Å². The fraction of sp³-hybridized carbons (Fsp3) is 0.519. The Kier molecular flexibility index (Phi) is 6.45. The van der Waals surface area contributed by atoms with Gasteiger partial charge in [0.05, 0.1) is 6.61 Å². The van der Waals surface area contributed by atoms with Crippen molar-refractivity contribution in [3.05, 3.63) is 69.1 Å². The number of aliphatic hydroxyl groups excluding tert-OH is 1. The second kappa shape index (κ2) is 9.62. The molecule has 168 valence electrons. The van der Waals surface area contributed by atoms with Crippen LogP contribution in [0.25, 0.3) is 0 Å². The molecule has 2 aromatic rings. The van der Waals surface area contributed by atoms with Crippen LogP contribution in [0.3, 0.4) is 0 Å². The molecule has 0 unspecified atom stereocenters. The zero-order valence-electron chi connectivity index (χ0n) is 18.8. The van der Waals surface area contributed by atoms with Crippen LogP contribution in [0.5, 0.6) is 0 Å². The van der Waals surface area contributed by atoms with Crippen molar-refractivity contribution in [2.24, 2.45) is 5.92 Å². The molecule has 5 heteroatoms. The van der Waals surface area contributed by atoms with Crippen molar-refractivity contribution in [2.75, 3.05) is 32.8 Å². The van der Waals surface area contributed by atoms with Crippen molar-refractivity contribution in [2.45, 2.75) is 51.2 Å². The number of hydrogen-bond donors (Lipinski definition) is 1. The van der Waals surface area contributed by atoms with Crippen molar-refractivity contribution >= 4 is 0 Å². The summed E-state index contributed by atoms with van der Waals surface area (Å²) in [6, 6.07) is 12.8. The van der Waals surface area contributed by atoms with Crippen molar-refractivity contribution in [3.63, 3.8) is 0 Å². The second-order valence-electron chi connectivity index (χ2n) is 9.65. The lowest BCUT2D eigenvalue weighted by Crippen LogP contribution is -2.47. The van der Waals surface area contributed by atoms with Crippen molar-refractivity contribution in [3.8, 4) is 11.8 Å². The molecule has 0 radical (unpaired) electrons. The molecule has 4 heterocycles. The standard InChI is InChI=1S/C27H33N3O2/c31-14-4-1-5-21-6-8-22(9-7-21)16-29-17-23-15-25(20-29)26-11-10-24(27(32)30(26)18-23)19-28-12-2-3-13-28/h6-11,23,25,31H,2-4,12-20H2/t23-,25+/m0/s1. The summed E-state index contributed by atoms with van der Waals surface area (Å²) in [5.41, 5.74) is 4.74. The molecule has 5 rings (SSSR count). The normalized spacial score (nSPS) is 22.9. The topological polar surface area (TPSA) is 48.7 Å². The van der Waals surface area contributed by atoms with Gasteiger partial charge in [-0.3, -0.25) is 14.6 Å². The molecule has 0 spiro atoms. The average Bonchev–Trinajstić information content (AvgIpc) is 3.31. The minimum Gasteiger partial charge on any atom is -0.395 e. The van der Waals surface area contributed by atoms with Crippen molar-refractivity contribution < 1.29 is 5.11 Å². The molecular formula is C27H33N3O2. The molecular weight excluding hydrogens is 398 g/mol. The Morgan fingerprint density at radius 2 is 1.75 bits per heavy atom. The highest BCUT2D eigenvalue weighted by molar-refractivity contribution is 5.36. The van der Waals surface area contributed by atoms with Gasteiger partial charge in [0.1, 0.15) is 0 Å². The average molecular weight is 432 g/mol. The zero-order chi connectivity index (χ0) is 21.9. The van der Waals surface area contributed by atoms with Gasteiger partial charge < -0.3 is 9.67 Å². The van der Waals surface area contributed by atoms with Crippen LogP contribution in [-0.2, 0) is 19.6 Å². The molecule has 0 aliphatic carbocycles. The maximum absolute atomic E-state index is 13.2. The third-order valence-electron chi connectivity index (χ3n) is 7.18. The number of rotatable bonds is 5. The van der Waals surface area contributed by atoms with E-state index in [0.29, 0.717) is 18.3 Å². The van der Waals surface area contributed by atoms with Crippen LogP contribution in [0.2, 0.25) is 0 Å². The van der Waals surface area contributed by atoms with Gasteiger partial charge in [0.2, 0.25) is 0 Å². The van der Waals surface area contributed by atoms with E-state index in [9.17, 15) is 4.79 Å². The van der Waals surface area contributed by atoms with Gasteiger partial charge in [-0.1, -0.05) is 30.0 Å². The first kappa shape index (κ1) is 21.5. The molecule has 2 bridgehead atoms. The molecule has 32 heavy (non-hydrogen) atoms. The van der Waals surface area contributed by atoms with Crippen LogP contribution in [0.1, 0.15) is 54.0 Å². The molecule has 2 atom stereocenters. The van der Waals surface area contributed by atoms with Crippen LogP contribution < -0.4 is 5.56 Å². The highest BCUT2D eigenvalue weighted by Crippen LogP contribution is 2.35. The summed E-state index contributed by atoms with van der Waals surface area (Å²) in [6.45, 7) is 7.02. The number of piperidine rings is 1. The lowest BCUT2D eigenvalue weighted by molar-refractivity contribution is 0.114. The third kappa shape index (κ3) is 4.68. The Morgan fingerprint density at radius 1 is 0.938 bits per heavy atom. The second-order valence-corrected chi connectivity index (χ2v) is 9.65. The molecule has 3 aliphatic rings. The summed E-state index contributed by atoms with van der Waals surface area (Å²) in [5.74, 6) is 7.06. The van der Waals surface area contributed by atoms with Gasteiger partial charge in [0.15, 0.2) is 0 Å². The lowest BCUT2D eigenvalue weighted by Gasteiger charge is -2.43. The molecule has 0 saturated carbocycles. The summed E-state index contributed by atoms with van der Waals surface area (Å²) in [6.07, 6.45) is 4.22. The van der Waals surface area contributed by atoms with Gasteiger partial charge in [-0.05, 0) is 62.0 Å². The Balaban J connectivity index is 1.26. The highest BCUT2D eigenvalue weighted by Gasteiger charge is 2.35. The van der Waals surface area contributed by atoms with E-state index >= 15 is 0 Å². The first-order valence-corrected chi connectivity index (χ1v) is 12.1. The van der Waals surface area contributed by atoms with Crippen LogP contribution in [0, 0.1) is 17.8 Å². The van der Waals surface area contributed by atoms with E-state index in [1.807, 2.05) is 0 Å². The minimum absolute atomic E-state index is 0.109. The summed E-state index contributed by atoms with van der Waals surface area (Å²) in [5, 5.41) is 8.86. The Hall–Kier alpha value is -2.39. The van der Waals surface area contributed by atoms with E-state index in [-0.39, 0.29) is 12.2 Å². The fourth-order valence-corrected chi connectivity index (χ4v) is 5.69. The minimum atomic E-state index is 0.109. The monoisotopic (exact) mass is 431 g/mol. The number of aromatic nitrogens is 1. The Labute approximate surface area is 190 Å². The zero-order valence-corrected chi connectivity index (χ0v) is 18.8. The maximum atomic E-state index is 13.2. The molecule has 3 aliphatic heterocycles. The molecule has 2 saturated heterocycles. The van der Waals surface area contributed by atoms with E-state index in [0.717, 1.165) is 56.9 Å². The molecule has 5 nitrogen and oxygen atoms in total. The SMILES string of the molecule is O=c1c(CN2CCCC2)ccc2n1C[C@H]1C[C@@H]2CN(Cc2ccc(C#CCCO)cc2)C1. The molecule has 2 fully saturated rings. The van der Waals surface area contributed by atoms with Gasteiger partial charge >= 0.3 is 0 Å². The summed E-state index contributed by atoms with van der Waals surface area (Å²) < 4.78 is 2.10. The maximum Gasteiger partial charge on any atom is 0.255 e. The van der Waals surface area contributed by atoms with Crippen LogP contribution in [0.4, 0.5) is 0 Å². The number of fused-ring (bicyclic) bond motifs is 4. The highest BCUT2D eigenvalue weighted by atomic mass is 16.2. The summed E-state index contributed by atoms with van der Waals surface area (Å²) in [4.78, 5) is 18.2. The first-order chi connectivity index (χ1) is 15.7.